The van der Waals surface area contributed by atoms with Gasteiger partial charge >= 0.3 is 0 Å². The van der Waals surface area contributed by atoms with Gasteiger partial charge in [-0.05, 0) is 18.1 Å². The SMILES string of the molecule is COc1nccc2c1C(c1cnn(C3CCOC3)c1)=NC2. The molecule has 4 heterocycles. The Morgan fingerprint density at radius 2 is 2.38 bits per heavy atom. The van der Waals surface area contributed by atoms with Crippen LogP contribution in [0.5, 0.6) is 5.88 Å². The number of fused-ring (bicyclic) bond motifs is 1. The van der Waals surface area contributed by atoms with E-state index in [-0.39, 0.29) is 0 Å². The molecule has 1 atom stereocenters. The van der Waals surface area contributed by atoms with E-state index in [0.29, 0.717) is 18.5 Å². The zero-order valence-electron chi connectivity index (χ0n) is 11.8. The van der Waals surface area contributed by atoms with E-state index < -0.39 is 0 Å². The van der Waals surface area contributed by atoms with Crippen molar-refractivity contribution in [3.8, 4) is 5.88 Å². The topological polar surface area (TPSA) is 61.5 Å². The average Bonchev–Trinajstić information content (AvgIpc) is 3.24. The minimum atomic E-state index is 0.330. The second-order valence-corrected chi connectivity index (χ2v) is 5.25. The van der Waals surface area contributed by atoms with Crippen LogP contribution < -0.4 is 4.74 Å². The van der Waals surface area contributed by atoms with Crippen molar-refractivity contribution in [1.29, 1.82) is 0 Å². The number of ether oxygens (including phenoxy) is 2. The number of aliphatic imine (C=N–C) groups is 1. The highest BCUT2D eigenvalue weighted by Gasteiger charge is 2.25. The van der Waals surface area contributed by atoms with E-state index in [1.807, 2.05) is 23.1 Å². The predicted molar refractivity (Wildman–Crippen MR) is 76.8 cm³/mol. The molecule has 1 unspecified atom stereocenters. The quantitative estimate of drug-likeness (QED) is 0.859. The molecule has 21 heavy (non-hydrogen) atoms. The molecular formula is C15H16N4O2. The first kappa shape index (κ1) is 12.5. The number of pyridine rings is 1. The van der Waals surface area contributed by atoms with Gasteiger partial charge in [0, 0.05) is 24.6 Å². The average molecular weight is 284 g/mol. The van der Waals surface area contributed by atoms with Gasteiger partial charge in [-0.25, -0.2) is 4.98 Å². The van der Waals surface area contributed by atoms with Gasteiger partial charge in [-0.3, -0.25) is 9.67 Å². The first-order valence-corrected chi connectivity index (χ1v) is 7.06. The summed E-state index contributed by atoms with van der Waals surface area (Å²) in [6.07, 6.45) is 6.67. The van der Waals surface area contributed by atoms with E-state index in [1.54, 1.807) is 13.3 Å². The van der Waals surface area contributed by atoms with Crippen LogP contribution >= 0.6 is 0 Å². The standard InChI is InChI=1S/C15H16N4O2/c1-20-15-13-10(2-4-16-15)6-17-14(13)11-7-18-19(8-11)12-3-5-21-9-12/h2,4,7-8,12H,3,5-6,9H2,1H3. The van der Waals surface area contributed by atoms with Crippen LogP contribution in [-0.4, -0.2) is 40.8 Å². The lowest BCUT2D eigenvalue weighted by Gasteiger charge is -2.08. The zero-order valence-corrected chi connectivity index (χ0v) is 11.8. The highest BCUT2D eigenvalue weighted by Crippen LogP contribution is 2.29. The lowest BCUT2D eigenvalue weighted by Crippen LogP contribution is -2.09. The fourth-order valence-corrected chi connectivity index (χ4v) is 2.89. The predicted octanol–water partition coefficient (Wildman–Crippen LogP) is 1.60. The second kappa shape index (κ2) is 4.96. The minimum Gasteiger partial charge on any atom is -0.480 e. The molecule has 2 aliphatic heterocycles. The molecule has 0 aliphatic carbocycles. The third kappa shape index (κ3) is 2.03. The molecule has 2 aliphatic rings. The van der Waals surface area contributed by atoms with Crippen molar-refractivity contribution in [2.24, 2.45) is 4.99 Å². The molecule has 108 valence electrons. The zero-order chi connectivity index (χ0) is 14.2. The van der Waals surface area contributed by atoms with Crippen molar-refractivity contribution in [3.63, 3.8) is 0 Å². The fourth-order valence-electron chi connectivity index (χ4n) is 2.89. The van der Waals surface area contributed by atoms with E-state index in [9.17, 15) is 0 Å². The summed E-state index contributed by atoms with van der Waals surface area (Å²) in [6.45, 7) is 2.21. The summed E-state index contributed by atoms with van der Waals surface area (Å²) >= 11 is 0. The third-order valence-electron chi connectivity index (χ3n) is 3.99. The Bertz CT molecular complexity index is 701. The molecule has 6 heteroatoms. The summed E-state index contributed by atoms with van der Waals surface area (Å²) in [7, 11) is 1.64. The maximum Gasteiger partial charge on any atom is 0.222 e. The number of methoxy groups -OCH3 is 1. The van der Waals surface area contributed by atoms with Crippen LogP contribution in [0, 0.1) is 0 Å². The second-order valence-electron chi connectivity index (χ2n) is 5.25. The van der Waals surface area contributed by atoms with Gasteiger partial charge in [0.25, 0.3) is 0 Å². The van der Waals surface area contributed by atoms with Crippen molar-refractivity contribution in [3.05, 3.63) is 41.3 Å². The molecule has 4 rings (SSSR count). The van der Waals surface area contributed by atoms with Crippen LogP contribution in [0.15, 0.2) is 29.6 Å². The molecule has 0 amide bonds. The Morgan fingerprint density at radius 1 is 1.43 bits per heavy atom. The van der Waals surface area contributed by atoms with Crippen LogP contribution in [0.3, 0.4) is 0 Å². The van der Waals surface area contributed by atoms with Crippen molar-refractivity contribution >= 4 is 5.71 Å². The van der Waals surface area contributed by atoms with Gasteiger partial charge in [0.15, 0.2) is 0 Å². The molecule has 2 aromatic heterocycles. The summed E-state index contributed by atoms with van der Waals surface area (Å²) in [5, 5.41) is 4.47. The monoisotopic (exact) mass is 284 g/mol. The molecule has 0 spiro atoms. The van der Waals surface area contributed by atoms with Gasteiger partial charge in [-0.2, -0.15) is 5.10 Å². The molecule has 6 nitrogen and oxygen atoms in total. The molecule has 0 bridgehead atoms. The van der Waals surface area contributed by atoms with E-state index >= 15 is 0 Å². The van der Waals surface area contributed by atoms with E-state index in [2.05, 4.69) is 15.1 Å². The summed E-state index contributed by atoms with van der Waals surface area (Å²) in [4.78, 5) is 8.91. The third-order valence-corrected chi connectivity index (χ3v) is 3.99. The highest BCUT2D eigenvalue weighted by molar-refractivity contribution is 6.16. The maximum absolute atomic E-state index is 5.42. The summed E-state index contributed by atoms with van der Waals surface area (Å²) in [5.41, 5.74) is 4.06. The van der Waals surface area contributed by atoms with Gasteiger partial charge in [0.1, 0.15) is 0 Å². The van der Waals surface area contributed by atoms with Crippen molar-refractivity contribution in [1.82, 2.24) is 14.8 Å². The Labute approximate surface area is 122 Å². The van der Waals surface area contributed by atoms with E-state index in [0.717, 1.165) is 42.0 Å². The van der Waals surface area contributed by atoms with Crippen LogP contribution in [0.2, 0.25) is 0 Å². The number of rotatable bonds is 3. The van der Waals surface area contributed by atoms with Crippen molar-refractivity contribution in [2.45, 2.75) is 19.0 Å². The molecule has 0 aromatic carbocycles. The van der Waals surface area contributed by atoms with Gasteiger partial charge in [-0.15, -0.1) is 0 Å². The van der Waals surface area contributed by atoms with Crippen molar-refractivity contribution < 1.29 is 9.47 Å². The Hall–Kier alpha value is -2.21. The lowest BCUT2D eigenvalue weighted by molar-refractivity contribution is 0.184. The largest absolute Gasteiger partial charge is 0.480 e. The van der Waals surface area contributed by atoms with E-state index in [4.69, 9.17) is 9.47 Å². The molecule has 2 aromatic rings. The molecule has 0 radical (unpaired) electrons. The molecule has 1 fully saturated rings. The molecule has 1 saturated heterocycles. The van der Waals surface area contributed by atoms with Crippen LogP contribution in [-0.2, 0) is 11.3 Å². The normalized spacial score (nSPS) is 20.4. The van der Waals surface area contributed by atoms with Gasteiger partial charge in [0.2, 0.25) is 5.88 Å². The number of nitrogens with zero attached hydrogens (tertiary/aromatic N) is 4. The highest BCUT2D eigenvalue weighted by atomic mass is 16.5. The summed E-state index contributed by atoms with van der Waals surface area (Å²) < 4.78 is 12.8. The van der Waals surface area contributed by atoms with Gasteiger partial charge < -0.3 is 9.47 Å². The number of hydrogen-bond donors (Lipinski definition) is 0. The first-order chi connectivity index (χ1) is 10.4. The van der Waals surface area contributed by atoms with Gasteiger partial charge in [0.05, 0.1) is 43.8 Å². The fraction of sp³-hybridized carbons (Fsp3) is 0.400. The van der Waals surface area contributed by atoms with Crippen LogP contribution in [0.4, 0.5) is 0 Å². The molecular weight excluding hydrogens is 268 g/mol. The lowest BCUT2D eigenvalue weighted by atomic mass is 10.0. The molecule has 0 saturated carbocycles. The van der Waals surface area contributed by atoms with Crippen molar-refractivity contribution in [2.75, 3.05) is 20.3 Å². The Balaban J connectivity index is 1.70. The number of hydrogen-bond acceptors (Lipinski definition) is 5. The minimum absolute atomic E-state index is 0.330. The van der Waals surface area contributed by atoms with Crippen LogP contribution in [0.25, 0.3) is 0 Å². The summed E-state index contributed by atoms with van der Waals surface area (Å²) in [6, 6.07) is 2.32. The Kier molecular flexibility index (Phi) is 2.96. The maximum atomic E-state index is 5.42. The van der Waals surface area contributed by atoms with E-state index in [1.165, 1.54) is 0 Å². The molecule has 0 N–H and O–H groups in total. The van der Waals surface area contributed by atoms with Gasteiger partial charge in [-0.1, -0.05) is 0 Å². The smallest absolute Gasteiger partial charge is 0.222 e. The number of aromatic nitrogens is 3. The Morgan fingerprint density at radius 3 is 3.19 bits per heavy atom. The first-order valence-electron chi connectivity index (χ1n) is 7.06. The van der Waals surface area contributed by atoms with Crippen LogP contribution in [0.1, 0.15) is 29.2 Å². The summed E-state index contributed by atoms with van der Waals surface area (Å²) in [5.74, 6) is 0.626.